The first-order chi connectivity index (χ1) is 11.7. The van der Waals surface area contributed by atoms with E-state index in [1.165, 1.54) is 5.56 Å². The van der Waals surface area contributed by atoms with Crippen LogP contribution in [0.15, 0.2) is 42.9 Å². The Morgan fingerprint density at radius 2 is 1.83 bits per heavy atom. The summed E-state index contributed by atoms with van der Waals surface area (Å²) in [6.07, 6.45) is 5.60. The van der Waals surface area contributed by atoms with Gasteiger partial charge in [-0.15, -0.1) is 0 Å². The van der Waals surface area contributed by atoms with Gasteiger partial charge in [-0.05, 0) is 48.7 Å². The van der Waals surface area contributed by atoms with E-state index in [2.05, 4.69) is 44.3 Å². The second-order valence-corrected chi connectivity index (χ2v) is 5.83. The first-order valence-corrected chi connectivity index (χ1v) is 7.83. The van der Waals surface area contributed by atoms with Gasteiger partial charge in [0, 0.05) is 36.4 Å². The van der Waals surface area contributed by atoms with Gasteiger partial charge >= 0.3 is 0 Å². The number of hydrogen-bond acceptors (Lipinski definition) is 5. The molecule has 0 saturated carbocycles. The van der Waals surface area contributed by atoms with E-state index < -0.39 is 0 Å². The minimum Gasteiger partial charge on any atom is -0.357 e. The zero-order valence-electron chi connectivity index (χ0n) is 13.8. The van der Waals surface area contributed by atoms with Gasteiger partial charge in [0.25, 0.3) is 0 Å². The van der Waals surface area contributed by atoms with Gasteiger partial charge in [-0.25, -0.2) is 9.97 Å². The molecule has 4 rings (SSSR count). The van der Waals surface area contributed by atoms with Crippen LogP contribution in [0.5, 0.6) is 0 Å². The Hall–Kier alpha value is -3.08. The molecule has 0 amide bonds. The fraction of sp³-hybridized carbons (Fsp3) is 0.158. The van der Waals surface area contributed by atoms with E-state index in [4.69, 9.17) is 0 Å². The lowest BCUT2D eigenvalue weighted by Gasteiger charge is -2.12. The molecular formula is C19H17N5. The van der Waals surface area contributed by atoms with E-state index in [1.807, 2.05) is 44.7 Å². The largest absolute Gasteiger partial charge is 0.357 e. The molecule has 0 radical (unpaired) electrons. The fourth-order valence-corrected chi connectivity index (χ4v) is 3.05. The highest BCUT2D eigenvalue weighted by Crippen LogP contribution is 2.32. The Morgan fingerprint density at radius 3 is 2.67 bits per heavy atom. The van der Waals surface area contributed by atoms with Gasteiger partial charge in [-0.1, -0.05) is 6.07 Å². The molecule has 118 valence electrons. The van der Waals surface area contributed by atoms with Crippen molar-refractivity contribution >= 4 is 27.8 Å². The minimum absolute atomic E-state index is 0.627. The van der Waals surface area contributed by atoms with Crippen molar-refractivity contribution in [2.24, 2.45) is 0 Å². The zero-order chi connectivity index (χ0) is 16.7. The van der Waals surface area contributed by atoms with Gasteiger partial charge < -0.3 is 5.32 Å². The average Bonchev–Trinajstić information content (AvgIpc) is 2.61. The molecule has 0 aliphatic rings. The lowest BCUT2D eigenvalue weighted by Crippen LogP contribution is -1.96. The van der Waals surface area contributed by atoms with E-state index in [1.54, 1.807) is 0 Å². The molecule has 0 saturated heterocycles. The summed E-state index contributed by atoms with van der Waals surface area (Å²) >= 11 is 0. The van der Waals surface area contributed by atoms with Crippen LogP contribution in [0.4, 0.5) is 5.95 Å². The third kappa shape index (κ3) is 2.25. The van der Waals surface area contributed by atoms with Crippen LogP contribution in [0.2, 0.25) is 0 Å². The summed E-state index contributed by atoms with van der Waals surface area (Å²) in [7, 11) is 1.82. The number of anilines is 1. The molecule has 0 atom stereocenters. The van der Waals surface area contributed by atoms with Gasteiger partial charge in [0.2, 0.25) is 5.95 Å². The number of aryl methyl sites for hydroxylation is 2. The molecule has 3 heterocycles. The molecule has 0 bridgehead atoms. The van der Waals surface area contributed by atoms with E-state index in [0.717, 1.165) is 38.6 Å². The summed E-state index contributed by atoms with van der Waals surface area (Å²) in [6.45, 7) is 4.07. The van der Waals surface area contributed by atoms with E-state index in [0.29, 0.717) is 5.95 Å². The first kappa shape index (κ1) is 14.5. The van der Waals surface area contributed by atoms with Crippen LogP contribution >= 0.6 is 0 Å². The number of nitrogens with zero attached hydrogens (tertiary/aromatic N) is 4. The fourth-order valence-electron chi connectivity index (χ4n) is 3.05. The maximum absolute atomic E-state index is 4.56. The summed E-state index contributed by atoms with van der Waals surface area (Å²) in [5.41, 5.74) is 6.27. The molecule has 0 fully saturated rings. The molecule has 24 heavy (non-hydrogen) atoms. The molecule has 5 nitrogen and oxygen atoms in total. The van der Waals surface area contributed by atoms with Crippen LogP contribution in [0.3, 0.4) is 0 Å². The van der Waals surface area contributed by atoms with Crippen molar-refractivity contribution in [3.63, 3.8) is 0 Å². The van der Waals surface area contributed by atoms with E-state index in [-0.39, 0.29) is 0 Å². The lowest BCUT2D eigenvalue weighted by molar-refractivity contribution is 1.19. The maximum Gasteiger partial charge on any atom is 0.222 e. The zero-order valence-corrected chi connectivity index (χ0v) is 13.8. The van der Waals surface area contributed by atoms with Crippen LogP contribution in [-0.4, -0.2) is 27.0 Å². The van der Waals surface area contributed by atoms with E-state index >= 15 is 0 Å². The van der Waals surface area contributed by atoms with Crippen molar-refractivity contribution in [2.45, 2.75) is 13.8 Å². The topological polar surface area (TPSA) is 63.6 Å². The summed E-state index contributed by atoms with van der Waals surface area (Å²) in [5, 5.41) is 5.10. The highest BCUT2D eigenvalue weighted by atomic mass is 15.1. The Kier molecular flexibility index (Phi) is 3.34. The summed E-state index contributed by atoms with van der Waals surface area (Å²) < 4.78 is 0. The van der Waals surface area contributed by atoms with Gasteiger partial charge in [0.15, 0.2) is 0 Å². The normalized spacial score (nSPS) is 11.1. The standard InChI is InChI=1S/C19H17N5/c1-11-9-22-18-12(2)21-7-6-15(18)17(11)13-4-5-16-14(8-13)10-23-19(20-3)24-16/h4-10H,1-3H3,(H,20,23,24). The van der Waals surface area contributed by atoms with Crippen molar-refractivity contribution in [3.8, 4) is 11.1 Å². The molecule has 0 spiro atoms. The summed E-state index contributed by atoms with van der Waals surface area (Å²) in [5.74, 6) is 0.627. The van der Waals surface area contributed by atoms with Crippen molar-refractivity contribution in [1.29, 1.82) is 0 Å². The minimum atomic E-state index is 0.627. The van der Waals surface area contributed by atoms with Crippen LogP contribution in [0.25, 0.3) is 32.9 Å². The van der Waals surface area contributed by atoms with Gasteiger partial charge in [0.1, 0.15) is 0 Å². The molecule has 4 aromatic rings. The predicted octanol–water partition coefficient (Wildman–Crippen LogP) is 3.90. The quantitative estimate of drug-likeness (QED) is 0.608. The Balaban J connectivity index is 1.99. The second-order valence-electron chi connectivity index (χ2n) is 5.83. The molecule has 1 aromatic carbocycles. The molecule has 5 heteroatoms. The van der Waals surface area contributed by atoms with Crippen LogP contribution < -0.4 is 5.32 Å². The number of benzene rings is 1. The summed E-state index contributed by atoms with van der Waals surface area (Å²) in [6, 6.07) is 8.30. The highest BCUT2D eigenvalue weighted by molar-refractivity contribution is 5.98. The predicted molar refractivity (Wildman–Crippen MR) is 97.1 cm³/mol. The number of rotatable bonds is 2. The summed E-state index contributed by atoms with van der Waals surface area (Å²) in [4.78, 5) is 17.7. The number of fused-ring (bicyclic) bond motifs is 2. The molecule has 0 unspecified atom stereocenters. The number of nitrogens with one attached hydrogen (secondary N) is 1. The van der Waals surface area contributed by atoms with Crippen molar-refractivity contribution in [3.05, 3.63) is 54.1 Å². The third-order valence-corrected chi connectivity index (χ3v) is 4.25. The molecular weight excluding hydrogens is 298 g/mol. The van der Waals surface area contributed by atoms with E-state index in [9.17, 15) is 0 Å². The van der Waals surface area contributed by atoms with Crippen LogP contribution in [-0.2, 0) is 0 Å². The third-order valence-electron chi connectivity index (χ3n) is 4.25. The number of pyridine rings is 2. The van der Waals surface area contributed by atoms with Gasteiger partial charge in [-0.2, -0.15) is 0 Å². The molecule has 3 aromatic heterocycles. The second kappa shape index (κ2) is 5.53. The smallest absolute Gasteiger partial charge is 0.222 e. The van der Waals surface area contributed by atoms with Crippen LogP contribution in [0, 0.1) is 13.8 Å². The van der Waals surface area contributed by atoms with Gasteiger partial charge in [-0.3, -0.25) is 9.97 Å². The Labute approximate surface area is 139 Å². The van der Waals surface area contributed by atoms with Crippen molar-refractivity contribution in [2.75, 3.05) is 12.4 Å². The Morgan fingerprint density at radius 1 is 0.958 bits per heavy atom. The van der Waals surface area contributed by atoms with Gasteiger partial charge in [0.05, 0.1) is 16.7 Å². The molecule has 0 aliphatic heterocycles. The SMILES string of the molecule is CNc1ncc2cc(-c3c(C)cnc4c(C)nccc34)ccc2n1. The number of hydrogen-bond donors (Lipinski definition) is 1. The molecule has 1 N–H and O–H groups in total. The highest BCUT2D eigenvalue weighted by Gasteiger charge is 2.11. The van der Waals surface area contributed by atoms with Crippen molar-refractivity contribution in [1.82, 2.24) is 19.9 Å². The Bertz CT molecular complexity index is 1070. The lowest BCUT2D eigenvalue weighted by atomic mass is 9.96. The van der Waals surface area contributed by atoms with Crippen LogP contribution in [0.1, 0.15) is 11.3 Å². The average molecular weight is 315 g/mol. The maximum atomic E-state index is 4.56. The monoisotopic (exact) mass is 315 g/mol. The number of aromatic nitrogens is 4. The molecule has 0 aliphatic carbocycles. The van der Waals surface area contributed by atoms with Crippen molar-refractivity contribution < 1.29 is 0 Å². The first-order valence-electron chi connectivity index (χ1n) is 7.83.